The van der Waals surface area contributed by atoms with E-state index in [9.17, 15) is 4.79 Å². The third-order valence-corrected chi connectivity index (χ3v) is 3.90. The van der Waals surface area contributed by atoms with Gasteiger partial charge in [-0.15, -0.1) is 0 Å². The Hall–Kier alpha value is -1.53. The molecule has 0 aromatic heterocycles. The molecule has 0 aliphatic carbocycles. The van der Waals surface area contributed by atoms with Gasteiger partial charge in [0.2, 0.25) is 0 Å². The van der Waals surface area contributed by atoms with Gasteiger partial charge >= 0.3 is 5.97 Å². The smallest absolute Gasteiger partial charge is 0.339 e. The summed E-state index contributed by atoms with van der Waals surface area (Å²) in [5.41, 5.74) is 1.03. The molecular weight excluding hydrogens is 404 g/mol. The van der Waals surface area contributed by atoms with Crippen LogP contribution >= 0.6 is 31.9 Å². The monoisotopic (exact) mass is 414 g/mol. The molecule has 1 N–H and O–H groups in total. The quantitative estimate of drug-likeness (QED) is 0.781. The summed E-state index contributed by atoms with van der Waals surface area (Å²) in [6, 6.07) is 10.4. The number of carboxylic acids is 1. The molecule has 21 heavy (non-hydrogen) atoms. The zero-order valence-electron chi connectivity index (χ0n) is 11.1. The Labute approximate surface area is 139 Å². The molecule has 2 rings (SSSR count). The van der Waals surface area contributed by atoms with E-state index >= 15 is 0 Å². The number of carboxylic acid groups (broad SMARTS) is 1. The highest BCUT2D eigenvalue weighted by molar-refractivity contribution is 9.10. The van der Waals surface area contributed by atoms with E-state index in [1.165, 1.54) is 6.07 Å². The molecule has 0 fully saturated rings. The van der Waals surface area contributed by atoms with Crippen molar-refractivity contribution in [2.75, 3.05) is 7.11 Å². The van der Waals surface area contributed by atoms with Crippen molar-refractivity contribution in [1.82, 2.24) is 0 Å². The normalized spacial score (nSPS) is 10.2. The molecule has 0 heterocycles. The zero-order valence-corrected chi connectivity index (χ0v) is 14.3. The number of methoxy groups -OCH3 is 1. The third-order valence-electron chi connectivity index (χ3n) is 2.78. The fourth-order valence-electron chi connectivity index (χ4n) is 1.75. The SMILES string of the molecule is COc1ccc(COc2cc(Br)ccc2C(=O)O)cc1Br. The van der Waals surface area contributed by atoms with Gasteiger partial charge in [-0.2, -0.15) is 0 Å². The molecule has 0 amide bonds. The summed E-state index contributed by atoms with van der Waals surface area (Å²) in [5, 5.41) is 9.15. The van der Waals surface area contributed by atoms with Crippen molar-refractivity contribution in [3.8, 4) is 11.5 Å². The molecular formula is C15H12Br2O4. The van der Waals surface area contributed by atoms with Crippen molar-refractivity contribution in [2.24, 2.45) is 0 Å². The molecule has 0 radical (unpaired) electrons. The Morgan fingerprint density at radius 1 is 1.14 bits per heavy atom. The summed E-state index contributed by atoms with van der Waals surface area (Å²) in [6.45, 7) is 0.263. The minimum absolute atomic E-state index is 0.130. The van der Waals surface area contributed by atoms with Crippen molar-refractivity contribution < 1.29 is 19.4 Å². The summed E-state index contributed by atoms with van der Waals surface area (Å²) in [6.07, 6.45) is 0. The highest BCUT2D eigenvalue weighted by atomic mass is 79.9. The first-order valence-corrected chi connectivity index (χ1v) is 7.58. The minimum Gasteiger partial charge on any atom is -0.496 e. The van der Waals surface area contributed by atoms with Gasteiger partial charge in [-0.25, -0.2) is 4.79 Å². The van der Waals surface area contributed by atoms with Gasteiger partial charge in [-0.05, 0) is 51.8 Å². The predicted molar refractivity (Wildman–Crippen MR) is 86.1 cm³/mol. The minimum atomic E-state index is -1.02. The maximum Gasteiger partial charge on any atom is 0.339 e. The average molecular weight is 416 g/mol. The largest absolute Gasteiger partial charge is 0.496 e. The van der Waals surface area contributed by atoms with Gasteiger partial charge in [0.05, 0.1) is 11.6 Å². The van der Waals surface area contributed by atoms with Crippen LogP contribution in [0.3, 0.4) is 0 Å². The molecule has 0 unspecified atom stereocenters. The topological polar surface area (TPSA) is 55.8 Å². The van der Waals surface area contributed by atoms with Crippen LogP contribution in [0.1, 0.15) is 15.9 Å². The van der Waals surface area contributed by atoms with Gasteiger partial charge < -0.3 is 14.6 Å². The van der Waals surface area contributed by atoms with Crippen LogP contribution in [-0.2, 0) is 6.61 Å². The van der Waals surface area contributed by atoms with Gasteiger partial charge in [0, 0.05) is 4.47 Å². The predicted octanol–water partition coefficient (Wildman–Crippen LogP) is 4.50. The van der Waals surface area contributed by atoms with Crippen molar-refractivity contribution in [3.05, 3.63) is 56.5 Å². The Kier molecular flexibility index (Phi) is 5.25. The van der Waals surface area contributed by atoms with Crippen molar-refractivity contribution in [1.29, 1.82) is 0 Å². The van der Waals surface area contributed by atoms with E-state index in [1.807, 2.05) is 18.2 Å². The van der Waals surface area contributed by atoms with Gasteiger partial charge in [0.25, 0.3) is 0 Å². The van der Waals surface area contributed by atoms with Crippen LogP contribution in [0, 0.1) is 0 Å². The van der Waals surface area contributed by atoms with Gasteiger partial charge in [0.1, 0.15) is 23.7 Å². The number of halogens is 2. The van der Waals surface area contributed by atoms with Crippen LogP contribution in [0.5, 0.6) is 11.5 Å². The van der Waals surface area contributed by atoms with Gasteiger partial charge in [-0.3, -0.25) is 0 Å². The molecule has 6 heteroatoms. The maximum absolute atomic E-state index is 11.2. The van der Waals surface area contributed by atoms with E-state index < -0.39 is 5.97 Å². The number of ether oxygens (including phenoxy) is 2. The van der Waals surface area contributed by atoms with Gasteiger partial charge in [0.15, 0.2) is 0 Å². The molecule has 2 aromatic rings. The number of rotatable bonds is 5. The molecule has 0 saturated carbocycles. The number of hydrogen-bond acceptors (Lipinski definition) is 3. The Balaban J connectivity index is 2.18. The lowest BCUT2D eigenvalue weighted by molar-refractivity contribution is 0.0691. The molecule has 2 aromatic carbocycles. The van der Waals surface area contributed by atoms with Crippen molar-refractivity contribution in [2.45, 2.75) is 6.61 Å². The van der Waals surface area contributed by atoms with Crippen LogP contribution < -0.4 is 9.47 Å². The fourth-order valence-corrected chi connectivity index (χ4v) is 2.68. The second-order valence-electron chi connectivity index (χ2n) is 4.20. The molecule has 0 saturated heterocycles. The maximum atomic E-state index is 11.2. The highest BCUT2D eigenvalue weighted by Crippen LogP contribution is 2.28. The molecule has 0 bridgehead atoms. The second kappa shape index (κ2) is 6.95. The molecule has 0 atom stereocenters. The van der Waals surface area contributed by atoms with Gasteiger partial charge in [-0.1, -0.05) is 22.0 Å². The molecule has 0 aliphatic rings. The van der Waals surface area contributed by atoms with Crippen molar-refractivity contribution in [3.63, 3.8) is 0 Å². The lowest BCUT2D eigenvalue weighted by atomic mass is 10.2. The first-order chi connectivity index (χ1) is 10.0. The zero-order chi connectivity index (χ0) is 15.4. The van der Waals surface area contributed by atoms with E-state index in [0.717, 1.165) is 20.3 Å². The van der Waals surface area contributed by atoms with E-state index in [0.29, 0.717) is 5.75 Å². The summed E-state index contributed by atoms with van der Waals surface area (Å²) >= 11 is 6.71. The van der Waals surface area contributed by atoms with E-state index in [-0.39, 0.29) is 12.2 Å². The highest BCUT2D eigenvalue weighted by Gasteiger charge is 2.12. The van der Waals surface area contributed by atoms with E-state index in [4.69, 9.17) is 14.6 Å². The summed E-state index contributed by atoms with van der Waals surface area (Å²) in [5.74, 6) is 0.0321. The Morgan fingerprint density at radius 3 is 2.52 bits per heavy atom. The van der Waals surface area contributed by atoms with Crippen molar-refractivity contribution >= 4 is 37.8 Å². The first kappa shape index (κ1) is 15.9. The lowest BCUT2D eigenvalue weighted by Gasteiger charge is -2.11. The summed E-state index contributed by atoms with van der Waals surface area (Å²) in [7, 11) is 1.59. The number of benzene rings is 2. The van der Waals surface area contributed by atoms with Crippen LogP contribution in [0.25, 0.3) is 0 Å². The first-order valence-electron chi connectivity index (χ1n) is 5.99. The van der Waals surface area contributed by atoms with Crippen LogP contribution in [0.4, 0.5) is 0 Å². The number of carbonyl (C=O) groups is 1. The van der Waals surface area contributed by atoms with Crippen LogP contribution in [0.2, 0.25) is 0 Å². The summed E-state index contributed by atoms with van der Waals surface area (Å²) < 4.78 is 12.4. The standard InChI is InChI=1S/C15H12Br2O4/c1-20-13-5-2-9(6-12(13)17)8-21-14-7-10(16)3-4-11(14)15(18)19/h2-7H,8H2,1H3,(H,18,19). The lowest BCUT2D eigenvalue weighted by Crippen LogP contribution is -2.03. The summed E-state index contributed by atoms with van der Waals surface area (Å²) in [4.78, 5) is 11.2. The molecule has 0 spiro atoms. The van der Waals surface area contributed by atoms with E-state index in [2.05, 4.69) is 31.9 Å². The molecule has 110 valence electrons. The Bertz CT molecular complexity index is 671. The van der Waals surface area contributed by atoms with Crippen LogP contribution in [-0.4, -0.2) is 18.2 Å². The third kappa shape index (κ3) is 3.98. The Morgan fingerprint density at radius 2 is 1.90 bits per heavy atom. The molecule has 4 nitrogen and oxygen atoms in total. The average Bonchev–Trinajstić information content (AvgIpc) is 2.45. The molecule has 0 aliphatic heterocycles. The number of aromatic carboxylic acids is 1. The van der Waals surface area contributed by atoms with E-state index in [1.54, 1.807) is 19.2 Å². The second-order valence-corrected chi connectivity index (χ2v) is 5.97. The fraction of sp³-hybridized carbons (Fsp3) is 0.133. The number of hydrogen-bond donors (Lipinski definition) is 1. The van der Waals surface area contributed by atoms with Crippen LogP contribution in [0.15, 0.2) is 45.3 Å².